The number of hydrogen-bond donors (Lipinski definition) is 1. The summed E-state index contributed by atoms with van der Waals surface area (Å²) in [5.41, 5.74) is 3.77. The van der Waals surface area contributed by atoms with Crippen LogP contribution in [-0.2, 0) is 0 Å². The van der Waals surface area contributed by atoms with E-state index in [1.807, 2.05) is 36.4 Å². The Morgan fingerprint density at radius 3 is 2.40 bits per heavy atom. The molecule has 3 aromatic carbocycles. The molecule has 0 aliphatic rings. The SMILES string of the molecule is Oc1cccc2oc3ccc(-c4ccccc4)cc3c12. The first-order valence-electron chi connectivity index (χ1n) is 6.52. The van der Waals surface area contributed by atoms with Crippen molar-refractivity contribution in [3.8, 4) is 16.9 Å². The minimum Gasteiger partial charge on any atom is -0.507 e. The van der Waals surface area contributed by atoms with Crippen LogP contribution in [0.5, 0.6) is 5.75 Å². The molecule has 1 N–H and O–H groups in total. The molecule has 1 heterocycles. The fourth-order valence-corrected chi connectivity index (χ4v) is 2.62. The third-order valence-corrected chi connectivity index (χ3v) is 3.58. The monoisotopic (exact) mass is 260 g/mol. The Morgan fingerprint density at radius 1 is 0.700 bits per heavy atom. The van der Waals surface area contributed by atoms with E-state index in [-0.39, 0.29) is 5.75 Å². The predicted octanol–water partition coefficient (Wildman–Crippen LogP) is 4.96. The largest absolute Gasteiger partial charge is 0.507 e. The maximum atomic E-state index is 10.1. The molecule has 0 atom stereocenters. The fourth-order valence-electron chi connectivity index (χ4n) is 2.62. The molecule has 4 rings (SSSR count). The number of fused-ring (bicyclic) bond motifs is 3. The van der Waals surface area contributed by atoms with Gasteiger partial charge in [0.25, 0.3) is 0 Å². The highest BCUT2D eigenvalue weighted by molar-refractivity contribution is 6.09. The molecule has 4 aromatic rings. The van der Waals surface area contributed by atoms with Crippen LogP contribution in [0.25, 0.3) is 33.1 Å². The average Bonchev–Trinajstić information content (AvgIpc) is 2.87. The van der Waals surface area contributed by atoms with Gasteiger partial charge in [0.2, 0.25) is 0 Å². The van der Waals surface area contributed by atoms with Gasteiger partial charge in [-0.2, -0.15) is 0 Å². The number of phenolic OH excluding ortho intramolecular Hbond substituents is 1. The van der Waals surface area contributed by atoms with Gasteiger partial charge in [0.15, 0.2) is 0 Å². The highest BCUT2D eigenvalue weighted by atomic mass is 16.3. The summed E-state index contributed by atoms with van der Waals surface area (Å²) in [5.74, 6) is 0.256. The summed E-state index contributed by atoms with van der Waals surface area (Å²) in [6, 6.07) is 21.6. The van der Waals surface area contributed by atoms with Crippen LogP contribution in [0.15, 0.2) is 71.1 Å². The minimum absolute atomic E-state index is 0.256. The molecule has 0 saturated heterocycles. The van der Waals surface area contributed by atoms with Crippen LogP contribution in [0.3, 0.4) is 0 Å². The lowest BCUT2D eigenvalue weighted by Gasteiger charge is -2.01. The molecular weight excluding hydrogens is 248 g/mol. The lowest BCUT2D eigenvalue weighted by Crippen LogP contribution is -1.76. The van der Waals surface area contributed by atoms with E-state index in [4.69, 9.17) is 4.42 Å². The second-order valence-corrected chi connectivity index (χ2v) is 4.83. The molecule has 0 radical (unpaired) electrons. The first kappa shape index (κ1) is 11.1. The molecule has 0 unspecified atom stereocenters. The van der Waals surface area contributed by atoms with Crippen LogP contribution in [0.1, 0.15) is 0 Å². The number of aromatic hydroxyl groups is 1. The van der Waals surface area contributed by atoms with Gasteiger partial charge in [-0.25, -0.2) is 0 Å². The first-order chi connectivity index (χ1) is 9.83. The molecule has 0 bridgehead atoms. The summed E-state index contributed by atoms with van der Waals surface area (Å²) in [6.45, 7) is 0. The summed E-state index contributed by atoms with van der Waals surface area (Å²) in [6.07, 6.45) is 0. The number of benzene rings is 3. The third-order valence-electron chi connectivity index (χ3n) is 3.58. The van der Waals surface area contributed by atoms with Gasteiger partial charge in [0, 0.05) is 5.39 Å². The molecule has 1 aromatic heterocycles. The van der Waals surface area contributed by atoms with Crippen LogP contribution in [0.4, 0.5) is 0 Å². The average molecular weight is 260 g/mol. The Hall–Kier alpha value is -2.74. The summed E-state index contributed by atoms with van der Waals surface area (Å²) in [5, 5.41) is 11.8. The van der Waals surface area contributed by atoms with Gasteiger partial charge in [-0.3, -0.25) is 0 Å². The smallest absolute Gasteiger partial charge is 0.139 e. The summed E-state index contributed by atoms with van der Waals surface area (Å²) >= 11 is 0. The number of rotatable bonds is 1. The zero-order valence-electron chi connectivity index (χ0n) is 10.7. The molecule has 2 heteroatoms. The van der Waals surface area contributed by atoms with Crippen LogP contribution in [-0.4, -0.2) is 5.11 Å². The van der Waals surface area contributed by atoms with E-state index >= 15 is 0 Å². The van der Waals surface area contributed by atoms with Crippen molar-refractivity contribution in [2.45, 2.75) is 0 Å². The first-order valence-corrected chi connectivity index (χ1v) is 6.52. The van der Waals surface area contributed by atoms with E-state index in [1.165, 1.54) is 0 Å². The Bertz CT molecular complexity index is 905. The van der Waals surface area contributed by atoms with Gasteiger partial charge < -0.3 is 9.52 Å². The van der Waals surface area contributed by atoms with Crippen molar-refractivity contribution in [3.05, 3.63) is 66.7 Å². The molecular formula is C18H12O2. The number of hydrogen-bond acceptors (Lipinski definition) is 2. The van der Waals surface area contributed by atoms with Gasteiger partial charge >= 0.3 is 0 Å². The predicted molar refractivity (Wildman–Crippen MR) is 80.8 cm³/mol. The van der Waals surface area contributed by atoms with E-state index in [9.17, 15) is 5.11 Å². The lowest BCUT2D eigenvalue weighted by molar-refractivity contribution is 0.481. The molecule has 0 saturated carbocycles. The van der Waals surface area contributed by atoms with Crippen molar-refractivity contribution in [2.24, 2.45) is 0 Å². The molecule has 0 aliphatic carbocycles. The van der Waals surface area contributed by atoms with Crippen molar-refractivity contribution in [3.63, 3.8) is 0 Å². The van der Waals surface area contributed by atoms with Crippen molar-refractivity contribution in [2.75, 3.05) is 0 Å². The molecule has 20 heavy (non-hydrogen) atoms. The third kappa shape index (κ3) is 1.58. The Balaban J connectivity index is 2.06. The molecule has 96 valence electrons. The molecule has 0 spiro atoms. The van der Waals surface area contributed by atoms with E-state index in [0.717, 1.165) is 27.5 Å². The standard InChI is InChI=1S/C18H12O2/c19-15-7-4-8-17-18(15)14-11-13(9-10-16(14)20-17)12-5-2-1-3-6-12/h1-11,19H. The van der Waals surface area contributed by atoms with Crippen LogP contribution in [0, 0.1) is 0 Å². The van der Waals surface area contributed by atoms with Gasteiger partial charge in [-0.1, -0.05) is 42.5 Å². The highest BCUT2D eigenvalue weighted by Crippen LogP contribution is 2.36. The topological polar surface area (TPSA) is 33.4 Å². The van der Waals surface area contributed by atoms with Crippen molar-refractivity contribution >= 4 is 21.9 Å². The summed E-state index contributed by atoms with van der Waals surface area (Å²) < 4.78 is 5.76. The van der Waals surface area contributed by atoms with Crippen LogP contribution >= 0.6 is 0 Å². The summed E-state index contributed by atoms with van der Waals surface area (Å²) in [4.78, 5) is 0. The minimum atomic E-state index is 0.256. The molecule has 2 nitrogen and oxygen atoms in total. The van der Waals surface area contributed by atoms with E-state index in [0.29, 0.717) is 5.58 Å². The molecule has 0 aliphatic heterocycles. The quantitative estimate of drug-likeness (QED) is 0.525. The maximum Gasteiger partial charge on any atom is 0.139 e. The van der Waals surface area contributed by atoms with Crippen molar-refractivity contribution < 1.29 is 9.52 Å². The fraction of sp³-hybridized carbons (Fsp3) is 0. The van der Waals surface area contributed by atoms with Crippen LogP contribution in [0.2, 0.25) is 0 Å². The second kappa shape index (κ2) is 4.14. The van der Waals surface area contributed by atoms with Gasteiger partial charge in [-0.05, 0) is 35.4 Å². The molecule has 0 amide bonds. The maximum absolute atomic E-state index is 10.1. The lowest BCUT2D eigenvalue weighted by atomic mass is 10.0. The normalized spacial score (nSPS) is 11.2. The summed E-state index contributed by atoms with van der Waals surface area (Å²) in [7, 11) is 0. The number of furan rings is 1. The van der Waals surface area contributed by atoms with Crippen molar-refractivity contribution in [1.29, 1.82) is 0 Å². The zero-order valence-corrected chi connectivity index (χ0v) is 10.7. The van der Waals surface area contributed by atoms with Gasteiger partial charge in [-0.15, -0.1) is 0 Å². The van der Waals surface area contributed by atoms with E-state index < -0.39 is 0 Å². The van der Waals surface area contributed by atoms with Gasteiger partial charge in [0.05, 0.1) is 5.39 Å². The Labute approximate surface area is 115 Å². The van der Waals surface area contributed by atoms with Crippen molar-refractivity contribution in [1.82, 2.24) is 0 Å². The Morgan fingerprint density at radius 2 is 1.55 bits per heavy atom. The highest BCUT2D eigenvalue weighted by Gasteiger charge is 2.11. The second-order valence-electron chi connectivity index (χ2n) is 4.83. The van der Waals surface area contributed by atoms with E-state index in [1.54, 1.807) is 12.1 Å². The van der Waals surface area contributed by atoms with Gasteiger partial charge in [0.1, 0.15) is 16.9 Å². The Kier molecular flexibility index (Phi) is 2.30. The van der Waals surface area contributed by atoms with E-state index in [2.05, 4.69) is 18.2 Å². The molecule has 0 fully saturated rings. The zero-order chi connectivity index (χ0) is 13.5. The van der Waals surface area contributed by atoms with Crippen LogP contribution < -0.4 is 0 Å². The number of phenols is 1.